The van der Waals surface area contributed by atoms with E-state index in [1.807, 2.05) is 12.3 Å². The van der Waals surface area contributed by atoms with Crippen LogP contribution < -0.4 is 0 Å². The molecule has 4 rings (SSSR count). The zero-order valence-corrected chi connectivity index (χ0v) is 13.5. The van der Waals surface area contributed by atoms with Crippen LogP contribution in [0.1, 0.15) is 17.1 Å². The van der Waals surface area contributed by atoms with Gasteiger partial charge < -0.3 is 13.7 Å². The SMILES string of the molecule is c1cc(CN2CCc3ncc(CN4CCOCC4)n3CC2)co1. The van der Waals surface area contributed by atoms with E-state index in [1.165, 1.54) is 17.1 Å². The van der Waals surface area contributed by atoms with Crippen molar-refractivity contribution >= 4 is 0 Å². The normalized spacial score (nSPS) is 20.3. The molecule has 0 spiro atoms. The summed E-state index contributed by atoms with van der Waals surface area (Å²) in [6.07, 6.45) is 6.67. The van der Waals surface area contributed by atoms with E-state index in [2.05, 4.69) is 25.5 Å². The fraction of sp³-hybridized carbons (Fsp3) is 0.588. The first-order chi connectivity index (χ1) is 11.4. The lowest BCUT2D eigenvalue weighted by Gasteiger charge is -2.27. The standard InChI is InChI=1S/C17H24N4O2/c1-3-19(12-15-2-8-23-14-15)4-5-21-16(11-18-17(1)21)13-20-6-9-22-10-7-20/h2,8,11,14H,1,3-7,9-10,12-13H2. The molecule has 0 N–H and O–H groups in total. The number of hydrogen-bond donors (Lipinski definition) is 0. The van der Waals surface area contributed by atoms with Crippen molar-refractivity contribution < 1.29 is 9.15 Å². The highest BCUT2D eigenvalue weighted by molar-refractivity contribution is 5.09. The van der Waals surface area contributed by atoms with Gasteiger partial charge in [0.25, 0.3) is 0 Å². The van der Waals surface area contributed by atoms with Gasteiger partial charge in [-0.3, -0.25) is 9.80 Å². The number of morpholine rings is 1. The summed E-state index contributed by atoms with van der Waals surface area (Å²) in [4.78, 5) is 9.62. The maximum Gasteiger partial charge on any atom is 0.110 e. The van der Waals surface area contributed by atoms with Crippen LogP contribution in [-0.4, -0.2) is 58.7 Å². The molecule has 6 nitrogen and oxygen atoms in total. The summed E-state index contributed by atoms with van der Waals surface area (Å²) in [7, 11) is 0. The first-order valence-corrected chi connectivity index (χ1v) is 8.45. The minimum atomic E-state index is 0.847. The molecule has 0 radical (unpaired) electrons. The van der Waals surface area contributed by atoms with E-state index in [-0.39, 0.29) is 0 Å². The van der Waals surface area contributed by atoms with Crippen molar-refractivity contribution in [1.82, 2.24) is 19.4 Å². The first kappa shape index (κ1) is 14.9. The van der Waals surface area contributed by atoms with Gasteiger partial charge in [0.1, 0.15) is 5.82 Å². The highest BCUT2D eigenvalue weighted by Crippen LogP contribution is 2.16. The van der Waals surface area contributed by atoms with Crippen LogP contribution in [0.3, 0.4) is 0 Å². The Morgan fingerprint density at radius 1 is 1.00 bits per heavy atom. The average Bonchev–Trinajstić information content (AvgIpc) is 3.17. The van der Waals surface area contributed by atoms with E-state index in [0.717, 1.165) is 65.4 Å². The molecule has 124 valence electrons. The Balaban J connectivity index is 1.40. The summed E-state index contributed by atoms with van der Waals surface area (Å²) in [6.45, 7) is 8.81. The van der Waals surface area contributed by atoms with E-state index < -0.39 is 0 Å². The zero-order chi connectivity index (χ0) is 15.5. The number of hydrogen-bond acceptors (Lipinski definition) is 5. The van der Waals surface area contributed by atoms with Crippen molar-refractivity contribution in [1.29, 1.82) is 0 Å². The number of rotatable bonds is 4. The summed E-state index contributed by atoms with van der Waals surface area (Å²) in [6, 6.07) is 2.05. The molecule has 0 saturated carbocycles. The number of fused-ring (bicyclic) bond motifs is 1. The number of ether oxygens (including phenoxy) is 1. The molecule has 0 unspecified atom stereocenters. The summed E-state index contributed by atoms with van der Waals surface area (Å²) in [5.74, 6) is 1.22. The van der Waals surface area contributed by atoms with Gasteiger partial charge in [0, 0.05) is 64.0 Å². The number of furan rings is 1. The molecule has 6 heteroatoms. The zero-order valence-electron chi connectivity index (χ0n) is 13.5. The van der Waals surface area contributed by atoms with Crippen LogP contribution in [0.15, 0.2) is 29.2 Å². The molecular weight excluding hydrogens is 292 g/mol. The van der Waals surface area contributed by atoms with Crippen molar-refractivity contribution in [2.24, 2.45) is 0 Å². The molecule has 0 aliphatic carbocycles. The molecule has 0 bridgehead atoms. The summed E-state index contributed by atoms with van der Waals surface area (Å²) < 4.78 is 13.0. The van der Waals surface area contributed by atoms with Gasteiger partial charge in [-0.05, 0) is 6.07 Å². The molecule has 0 atom stereocenters. The Labute approximate surface area is 136 Å². The lowest BCUT2D eigenvalue weighted by molar-refractivity contribution is 0.0331. The number of aromatic nitrogens is 2. The maximum atomic E-state index is 5.44. The van der Waals surface area contributed by atoms with E-state index in [9.17, 15) is 0 Å². The van der Waals surface area contributed by atoms with Gasteiger partial charge in [-0.1, -0.05) is 0 Å². The lowest BCUT2D eigenvalue weighted by atomic mass is 10.3. The molecule has 0 aromatic carbocycles. The molecule has 1 fully saturated rings. The molecule has 2 aliphatic heterocycles. The highest BCUT2D eigenvalue weighted by atomic mass is 16.5. The van der Waals surface area contributed by atoms with Gasteiger partial charge in [0.05, 0.1) is 31.4 Å². The van der Waals surface area contributed by atoms with Crippen LogP contribution in [0.5, 0.6) is 0 Å². The van der Waals surface area contributed by atoms with Crippen LogP contribution in [0.2, 0.25) is 0 Å². The Kier molecular flexibility index (Phi) is 4.46. The predicted octanol–water partition coefficient (Wildman–Crippen LogP) is 1.37. The van der Waals surface area contributed by atoms with Gasteiger partial charge in [-0.15, -0.1) is 0 Å². The van der Waals surface area contributed by atoms with Gasteiger partial charge in [0.15, 0.2) is 0 Å². The van der Waals surface area contributed by atoms with Crippen LogP contribution in [-0.2, 0) is 30.8 Å². The monoisotopic (exact) mass is 316 g/mol. The van der Waals surface area contributed by atoms with Gasteiger partial charge >= 0.3 is 0 Å². The smallest absolute Gasteiger partial charge is 0.110 e. The second-order valence-electron chi connectivity index (χ2n) is 6.36. The average molecular weight is 316 g/mol. The van der Waals surface area contributed by atoms with E-state index in [0.29, 0.717) is 0 Å². The molecule has 2 aromatic rings. The van der Waals surface area contributed by atoms with Crippen LogP contribution in [0, 0.1) is 0 Å². The Morgan fingerprint density at radius 2 is 1.87 bits per heavy atom. The largest absolute Gasteiger partial charge is 0.472 e. The van der Waals surface area contributed by atoms with E-state index >= 15 is 0 Å². The molecule has 0 amide bonds. The molecule has 23 heavy (non-hydrogen) atoms. The summed E-state index contributed by atoms with van der Waals surface area (Å²) in [5, 5.41) is 0. The molecule has 4 heterocycles. The van der Waals surface area contributed by atoms with Crippen molar-refractivity contribution in [3.05, 3.63) is 41.9 Å². The third kappa shape index (κ3) is 3.49. The van der Waals surface area contributed by atoms with Gasteiger partial charge in [-0.2, -0.15) is 0 Å². The minimum Gasteiger partial charge on any atom is -0.472 e. The number of nitrogens with zero attached hydrogens (tertiary/aromatic N) is 4. The Morgan fingerprint density at radius 3 is 2.70 bits per heavy atom. The van der Waals surface area contributed by atoms with Crippen molar-refractivity contribution in [2.75, 3.05) is 39.4 Å². The molecular formula is C17H24N4O2. The van der Waals surface area contributed by atoms with Crippen LogP contribution in [0.25, 0.3) is 0 Å². The molecule has 1 saturated heterocycles. The number of imidazole rings is 1. The lowest BCUT2D eigenvalue weighted by Crippen LogP contribution is -2.36. The van der Waals surface area contributed by atoms with Crippen molar-refractivity contribution in [3.8, 4) is 0 Å². The van der Waals surface area contributed by atoms with Gasteiger partial charge in [-0.25, -0.2) is 4.98 Å². The van der Waals surface area contributed by atoms with Crippen LogP contribution >= 0.6 is 0 Å². The third-order valence-electron chi connectivity index (χ3n) is 4.79. The fourth-order valence-corrected chi connectivity index (χ4v) is 3.45. The van der Waals surface area contributed by atoms with E-state index in [4.69, 9.17) is 9.15 Å². The topological polar surface area (TPSA) is 46.7 Å². The first-order valence-electron chi connectivity index (χ1n) is 8.45. The summed E-state index contributed by atoms with van der Waals surface area (Å²) >= 11 is 0. The minimum absolute atomic E-state index is 0.847. The Hall–Kier alpha value is -1.63. The van der Waals surface area contributed by atoms with E-state index in [1.54, 1.807) is 6.26 Å². The van der Waals surface area contributed by atoms with Crippen molar-refractivity contribution in [3.63, 3.8) is 0 Å². The highest BCUT2D eigenvalue weighted by Gasteiger charge is 2.19. The quantitative estimate of drug-likeness (QED) is 0.852. The van der Waals surface area contributed by atoms with Crippen LogP contribution in [0.4, 0.5) is 0 Å². The fourth-order valence-electron chi connectivity index (χ4n) is 3.45. The molecule has 2 aliphatic rings. The maximum absolute atomic E-state index is 5.44. The Bertz CT molecular complexity index is 617. The predicted molar refractivity (Wildman–Crippen MR) is 86.0 cm³/mol. The van der Waals surface area contributed by atoms with Gasteiger partial charge in [0.2, 0.25) is 0 Å². The second-order valence-corrected chi connectivity index (χ2v) is 6.36. The van der Waals surface area contributed by atoms with Crippen molar-refractivity contribution in [2.45, 2.75) is 26.1 Å². The second kappa shape index (κ2) is 6.86. The molecule has 2 aromatic heterocycles. The third-order valence-corrected chi connectivity index (χ3v) is 4.79. The summed E-state index contributed by atoms with van der Waals surface area (Å²) in [5.41, 5.74) is 2.59.